The highest BCUT2D eigenvalue weighted by Gasteiger charge is 2.15. The van der Waals surface area contributed by atoms with Crippen molar-refractivity contribution >= 4 is 5.91 Å². The molecule has 0 aliphatic carbocycles. The highest BCUT2D eigenvalue weighted by Crippen LogP contribution is 2.16. The molecule has 26 heavy (non-hydrogen) atoms. The summed E-state index contributed by atoms with van der Waals surface area (Å²) < 4.78 is 2.22. The Hall–Kier alpha value is -3.22. The maximum absolute atomic E-state index is 12.4. The molecule has 0 saturated carbocycles. The van der Waals surface area contributed by atoms with Crippen molar-refractivity contribution in [2.45, 2.75) is 33.4 Å². The van der Waals surface area contributed by atoms with Crippen LogP contribution >= 0.6 is 0 Å². The molecule has 134 valence electrons. The fourth-order valence-electron chi connectivity index (χ4n) is 2.65. The Morgan fingerprint density at radius 3 is 2.50 bits per heavy atom. The maximum atomic E-state index is 12.4. The van der Waals surface area contributed by atoms with Gasteiger partial charge in [0.15, 0.2) is 0 Å². The van der Waals surface area contributed by atoms with E-state index in [9.17, 15) is 9.59 Å². The number of carbonyl (C=O) groups is 1. The minimum absolute atomic E-state index is 0.165. The lowest BCUT2D eigenvalue weighted by atomic mass is 10.0. The summed E-state index contributed by atoms with van der Waals surface area (Å²) in [5.74, 6) is -0.294. The minimum Gasteiger partial charge on any atom is -0.348 e. The lowest BCUT2D eigenvalue weighted by Gasteiger charge is -2.15. The van der Waals surface area contributed by atoms with Crippen LogP contribution in [0.2, 0.25) is 0 Å². The number of aromatic nitrogens is 4. The number of amides is 1. The molecule has 3 rings (SSSR count). The van der Waals surface area contributed by atoms with Crippen LogP contribution in [0.4, 0.5) is 0 Å². The van der Waals surface area contributed by atoms with Crippen LogP contribution in [0.3, 0.4) is 0 Å². The first kappa shape index (κ1) is 17.6. The topological polar surface area (TPSA) is 81.8 Å². The third-order valence-electron chi connectivity index (χ3n) is 4.34. The molecule has 2 aromatic carbocycles. The Labute approximate surface area is 151 Å². The Morgan fingerprint density at radius 1 is 1.08 bits per heavy atom. The van der Waals surface area contributed by atoms with Crippen LogP contribution in [-0.4, -0.2) is 25.7 Å². The number of nitrogens with zero attached hydrogens (tertiary/aromatic N) is 4. The number of hydrogen-bond donors (Lipinski definition) is 1. The van der Waals surface area contributed by atoms with Crippen molar-refractivity contribution in [2.75, 3.05) is 0 Å². The van der Waals surface area contributed by atoms with Crippen LogP contribution in [0.5, 0.6) is 0 Å². The van der Waals surface area contributed by atoms with Gasteiger partial charge in [0.2, 0.25) is 5.91 Å². The Kier molecular flexibility index (Phi) is 4.97. The van der Waals surface area contributed by atoms with Crippen LogP contribution in [-0.2, 0) is 11.3 Å². The van der Waals surface area contributed by atoms with Crippen molar-refractivity contribution in [3.8, 4) is 5.69 Å². The average Bonchev–Trinajstić information content (AvgIpc) is 2.98. The summed E-state index contributed by atoms with van der Waals surface area (Å²) in [6.07, 6.45) is 0. The second-order valence-corrected chi connectivity index (χ2v) is 6.30. The van der Waals surface area contributed by atoms with Crippen molar-refractivity contribution in [1.29, 1.82) is 0 Å². The predicted octanol–water partition coefficient (Wildman–Crippen LogP) is 1.92. The van der Waals surface area contributed by atoms with E-state index in [1.54, 1.807) is 24.3 Å². The van der Waals surface area contributed by atoms with E-state index in [1.807, 2.05) is 39.0 Å². The third-order valence-corrected chi connectivity index (χ3v) is 4.34. The van der Waals surface area contributed by atoms with Gasteiger partial charge < -0.3 is 5.32 Å². The van der Waals surface area contributed by atoms with Crippen LogP contribution in [0.1, 0.15) is 29.7 Å². The molecule has 1 heterocycles. The van der Waals surface area contributed by atoms with Gasteiger partial charge in [0.1, 0.15) is 6.54 Å². The molecule has 0 radical (unpaired) electrons. The molecule has 0 saturated heterocycles. The average molecular weight is 351 g/mol. The summed E-state index contributed by atoms with van der Waals surface area (Å²) in [4.78, 5) is 24.7. The predicted molar refractivity (Wildman–Crippen MR) is 98.1 cm³/mol. The number of carbonyl (C=O) groups excluding carboxylic acids is 1. The van der Waals surface area contributed by atoms with Crippen LogP contribution in [0.25, 0.3) is 5.69 Å². The molecule has 1 atom stereocenters. The molecule has 0 spiro atoms. The van der Waals surface area contributed by atoms with E-state index in [-0.39, 0.29) is 18.5 Å². The van der Waals surface area contributed by atoms with Crippen LogP contribution < -0.4 is 11.0 Å². The quantitative estimate of drug-likeness (QED) is 0.761. The Balaban J connectivity index is 1.70. The molecule has 1 amide bonds. The van der Waals surface area contributed by atoms with Gasteiger partial charge >= 0.3 is 5.69 Å². The van der Waals surface area contributed by atoms with Gasteiger partial charge in [-0.05, 0) is 60.0 Å². The van der Waals surface area contributed by atoms with E-state index >= 15 is 0 Å². The zero-order valence-electron chi connectivity index (χ0n) is 15.0. The van der Waals surface area contributed by atoms with Crippen LogP contribution in [0, 0.1) is 13.8 Å². The molecule has 7 nitrogen and oxygen atoms in total. The molecule has 1 unspecified atom stereocenters. The van der Waals surface area contributed by atoms with E-state index in [4.69, 9.17) is 0 Å². The highest BCUT2D eigenvalue weighted by atomic mass is 16.2. The number of hydrogen-bond acceptors (Lipinski definition) is 4. The van der Waals surface area contributed by atoms with Crippen molar-refractivity contribution < 1.29 is 4.79 Å². The third kappa shape index (κ3) is 3.72. The molecule has 0 fully saturated rings. The first-order valence-electron chi connectivity index (χ1n) is 8.40. The SMILES string of the molecule is Cc1ccc(C(C)NC(=O)Cn2nnn(-c3ccccc3)c2=O)cc1C. The van der Waals surface area contributed by atoms with E-state index in [1.165, 1.54) is 15.8 Å². The second kappa shape index (κ2) is 7.35. The number of benzene rings is 2. The number of nitrogens with one attached hydrogen (secondary N) is 1. The Bertz CT molecular complexity index is 975. The minimum atomic E-state index is -0.454. The van der Waals surface area contributed by atoms with E-state index < -0.39 is 5.69 Å². The van der Waals surface area contributed by atoms with Gasteiger partial charge in [-0.2, -0.15) is 9.36 Å². The molecule has 0 bridgehead atoms. The van der Waals surface area contributed by atoms with Crippen LogP contribution in [0.15, 0.2) is 53.3 Å². The lowest BCUT2D eigenvalue weighted by Crippen LogP contribution is -2.34. The van der Waals surface area contributed by atoms with Crippen molar-refractivity contribution in [2.24, 2.45) is 0 Å². The summed E-state index contributed by atoms with van der Waals surface area (Å²) >= 11 is 0. The van der Waals surface area contributed by atoms with Gasteiger partial charge in [-0.1, -0.05) is 36.4 Å². The summed E-state index contributed by atoms with van der Waals surface area (Å²) in [7, 11) is 0. The smallest absolute Gasteiger partial charge is 0.348 e. The first-order chi connectivity index (χ1) is 12.5. The number of rotatable bonds is 5. The van der Waals surface area contributed by atoms with Gasteiger partial charge in [0.05, 0.1) is 11.7 Å². The van der Waals surface area contributed by atoms with Gasteiger partial charge in [-0.15, -0.1) is 0 Å². The molecule has 0 aliphatic heterocycles. The largest absolute Gasteiger partial charge is 0.368 e. The number of para-hydroxylation sites is 1. The molecular formula is C19H21N5O2. The summed E-state index contributed by atoms with van der Waals surface area (Å²) in [6, 6.07) is 14.9. The maximum Gasteiger partial charge on any atom is 0.368 e. The highest BCUT2D eigenvalue weighted by molar-refractivity contribution is 5.76. The lowest BCUT2D eigenvalue weighted by molar-refractivity contribution is -0.122. The fourth-order valence-corrected chi connectivity index (χ4v) is 2.65. The molecule has 3 aromatic rings. The van der Waals surface area contributed by atoms with E-state index in [2.05, 4.69) is 21.8 Å². The van der Waals surface area contributed by atoms with E-state index in [0.29, 0.717) is 5.69 Å². The molecule has 0 aliphatic rings. The Morgan fingerprint density at radius 2 is 1.81 bits per heavy atom. The second-order valence-electron chi connectivity index (χ2n) is 6.30. The first-order valence-corrected chi connectivity index (χ1v) is 8.40. The monoisotopic (exact) mass is 351 g/mol. The molecule has 7 heteroatoms. The number of tetrazole rings is 1. The summed E-state index contributed by atoms with van der Waals surface area (Å²) in [5.41, 5.74) is 3.54. The van der Waals surface area contributed by atoms with Gasteiger partial charge in [-0.25, -0.2) is 4.79 Å². The number of aryl methyl sites for hydroxylation is 2. The van der Waals surface area contributed by atoms with Crippen molar-refractivity contribution in [3.05, 3.63) is 75.7 Å². The van der Waals surface area contributed by atoms with Gasteiger partial charge in [-0.3, -0.25) is 4.79 Å². The van der Waals surface area contributed by atoms with Gasteiger partial charge in [0.25, 0.3) is 0 Å². The fraction of sp³-hybridized carbons (Fsp3) is 0.263. The van der Waals surface area contributed by atoms with E-state index in [0.717, 1.165) is 10.2 Å². The van der Waals surface area contributed by atoms with Gasteiger partial charge in [0, 0.05) is 0 Å². The zero-order valence-corrected chi connectivity index (χ0v) is 15.0. The van der Waals surface area contributed by atoms with Crippen molar-refractivity contribution in [3.63, 3.8) is 0 Å². The molecular weight excluding hydrogens is 330 g/mol. The molecule has 1 aromatic heterocycles. The molecule has 1 N–H and O–H groups in total. The normalized spacial score (nSPS) is 12.0. The zero-order chi connectivity index (χ0) is 18.7. The summed E-state index contributed by atoms with van der Waals surface area (Å²) in [6.45, 7) is 5.81. The standard InChI is InChI=1S/C19H21N5O2/c1-13-9-10-16(11-14(13)2)15(3)20-18(25)12-23-19(26)24(22-21-23)17-7-5-4-6-8-17/h4-11,15H,12H2,1-3H3,(H,20,25). The summed E-state index contributed by atoms with van der Waals surface area (Å²) in [5, 5.41) is 10.5. The van der Waals surface area contributed by atoms with Crippen molar-refractivity contribution in [1.82, 2.24) is 25.1 Å².